The van der Waals surface area contributed by atoms with Crippen molar-refractivity contribution in [2.75, 3.05) is 18.5 Å². The molecule has 11 heteroatoms. The van der Waals surface area contributed by atoms with Crippen molar-refractivity contribution >= 4 is 35.2 Å². The van der Waals surface area contributed by atoms with Crippen molar-refractivity contribution in [1.82, 2.24) is 16.0 Å². The van der Waals surface area contributed by atoms with E-state index in [1.165, 1.54) is 0 Å². The van der Waals surface area contributed by atoms with Gasteiger partial charge in [0.25, 0.3) is 5.91 Å². The van der Waals surface area contributed by atoms with Crippen molar-refractivity contribution in [2.45, 2.75) is 77.5 Å². The minimum Gasteiger partial charge on any atom is -0.511 e. The van der Waals surface area contributed by atoms with E-state index in [-0.39, 0.29) is 29.6 Å². The molecule has 7 N–H and O–H groups in total. The Morgan fingerprint density at radius 3 is 2.44 bits per heavy atom. The predicted octanol–water partition coefficient (Wildman–Crippen LogP) is 4.38. The number of aliphatic hydroxyl groups is 1. The van der Waals surface area contributed by atoms with Crippen molar-refractivity contribution in [3.8, 4) is 0 Å². The topological polar surface area (TPSA) is 167 Å². The lowest BCUT2D eigenvalue weighted by molar-refractivity contribution is -0.123. The maximum atomic E-state index is 12.7. The Morgan fingerprint density at radius 1 is 1.20 bits per heavy atom. The third-order valence-electron chi connectivity index (χ3n) is 7.09. The average molecular weight is 621 g/mol. The van der Waals surface area contributed by atoms with E-state index < -0.39 is 23.1 Å². The van der Waals surface area contributed by atoms with Crippen LogP contribution in [0.15, 0.2) is 84.0 Å². The fraction of sp³-hybridized carbons (Fsp3) is 0.412. The number of aliphatic hydroxyl groups excluding tert-OH is 1. The normalized spacial score (nSPS) is 15.5. The van der Waals surface area contributed by atoms with Gasteiger partial charge in [0.15, 0.2) is 0 Å². The fourth-order valence-corrected chi connectivity index (χ4v) is 4.32. The van der Waals surface area contributed by atoms with Crippen molar-refractivity contribution in [3.05, 3.63) is 84.6 Å². The van der Waals surface area contributed by atoms with Gasteiger partial charge in [0.1, 0.15) is 23.6 Å². The van der Waals surface area contributed by atoms with Crippen LogP contribution >= 0.6 is 0 Å². The molecule has 0 aliphatic carbocycles. The van der Waals surface area contributed by atoms with Gasteiger partial charge < -0.3 is 41.6 Å². The number of carbonyl (C=O) groups excluding carboxylic acids is 3. The van der Waals surface area contributed by atoms with Crippen LogP contribution in [0.3, 0.4) is 0 Å². The van der Waals surface area contributed by atoms with Gasteiger partial charge in [-0.05, 0) is 71.2 Å². The predicted molar refractivity (Wildman–Crippen MR) is 180 cm³/mol. The first-order valence-corrected chi connectivity index (χ1v) is 14.8. The third kappa shape index (κ3) is 12.5. The number of aldehydes is 1. The van der Waals surface area contributed by atoms with Gasteiger partial charge >= 0.3 is 0 Å². The highest BCUT2D eigenvalue weighted by Gasteiger charge is 2.24. The molecule has 1 aromatic rings. The molecular weight excluding hydrogens is 572 g/mol. The number of aliphatic imine (C=N–C) groups is 1. The van der Waals surface area contributed by atoms with Crippen LogP contribution in [0.25, 0.3) is 5.70 Å². The molecule has 11 nitrogen and oxygen atoms in total. The highest BCUT2D eigenvalue weighted by molar-refractivity contribution is 6.47. The number of ether oxygens (including phenoxy) is 1. The summed E-state index contributed by atoms with van der Waals surface area (Å²) in [7, 11) is 0. The summed E-state index contributed by atoms with van der Waals surface area (Å²) >= 11 is 0. The molecule has 1 aromatic carbocycles. The summed E-state index contributed by atoms with van der Waals surface area (Å²) in [5.41, 5.74) is 8.07. The number of benzene rings is 1. The van der Waals surface area contributed by atoms with Gasteiger partial charge in [-0.1, -0.05) is 37.9 Å². The summed E-state index contributed by atoms with van der Waals surface area (Å²) in [6.45, 7) is 21.7. The second kappa shape index (κ2) is 16.4. The summed E-state index contributed by atoms with van der Waals surface area (Å²) in [6.07, 6.45) is 5.53. The van der Waals surface area contributed by atoms with Crippen molar-refractivity contribution in [1.29, 1.82) is 0 Å². The van der Waals surface area contributed by atoms with E-state index in [9.17, 15) is 19.5 Å². The van der Waals surface area contributed by atoms with Crippen LogP contribution in [-0.4, -0.2) is 59.3 Å². The second-order valence-electron chi connectivity index (χ2n) is 12.1. The number of allylic oxidation sites excluding steroid dienone is 2. The highest BCUT2D eigenvalue weighted by Crippen LogP contribution is 2.19. The van der Waals surface area contributed by atoms with Crippen LogP contribution in [0.1, 0.15) is 65.9 Å². The van der Waals surface area contributed by atoms with E-state index in [1.54, 1.807) is 12.2 Å². The molecule has 1 heterocycles. The first kappa shape index (κ1) is 36.6. The monoisotopic (exact) mass is 620 g/mol. The number of hydrogen-bond donors (Lipinski definition) is 6. The van der Waals surface area contributed by atoms with Crippen LogP contribution < -0.4 is 27.0 Å². The first-order chi connectivity index (χ1) is 21.1. The summed E-state index contributed by atoms with van der Waals surface area (Å²) in [5, 5.41) is 22.2. The molecule has 244 valence electrons. The maximum Gasteiger partial charge on any atom is 0.275 e. The average Bonchev–Trinajstić information content (AvgIpc) is 2.93. The van der Waals surface area contributed by atoms with E-state index in [4.69, 9.17) is 10.5 Å². The largest absolute Gasteiger partial charge is 0.511 e. The lowest BCUT2D eigenvalue weighted by Gasteiger charge is -2.29. The molecular formula is C34H48N6O5. The number of carbonyl (C=O) groups is 3. The van der Waals surface area contributed by atoms with Gasteiger partial charge in [-0.25, -0.2) is 4.99 Å². The van der Waals surface area contributed by atoms with Crippen molar-refractivity contribution in [3.63, 3.8) is 0 Å². The minimum atomic E-state index is -0.579. The van der Waals surface area contributed by atoms with Crippen molar-refractivity contribution in [2.24, 2.45) is 10.7 Å². The van der Waals surface area contributed by atoms with Crippen molar-refractivity contribution < 1.29 is 24.2 Å². The van der Waals surface area contributed by atoms with E-state index in [1.807, 2.05) is 58.9 Å². The van der Waals surface area contributed by atoms with Gasteiger partial charge in [-0.2, -0.15) is 0 Å². The van der Waals surface area contributed by atoms with Gasteiger partial charge in [0.05, 0.1) is 23.9 Å². The Balaban J connectivity index is 1.89. The number of nitrogens with zero attached hydrogens (tertiary/aromatic N) is 1. The smallest absolute Gasteiger partial charge is 0.275 e. The number of hydrogen-bond acceptors (Lipinski definition) is 9. The molecule has 0 bridgehead atoms. The Hall–Kier alpha value is -4.64. The molecule has 0 saturated heterocycles. The Bertz CT molecular complexity index is 1370. The lowest BCUT2D eigenvalue weighted by Crippen LogP contribution is -2.45. The van der Waals surface area contributed by atoms with Crippen LogP contribution in [-0.2, 0) is 19.1 Å². The Labute approximate surface area is 266 Å². The molecule has 0 aromatic heterocycles. The molecule has 45 heavy (non-hydrogen) atoms. The number of rotatable bonds is 18. The van der Waals surface area contributed by atoms with Crippen LogP contribution in [0.4, 0.5) is 5.69 Å². The Morgan fingerprint density at radius 2 is 1.87 bits per heavy atom. The summed E-state index contributed by atoms with van der Waals surface area (Å²) in [6, 6.07) is 6.91. The number of nitrogens with two attached hydrogens (primary N) is 1. The molecule has 0 fully saturated rings. The first-order valence-electron chi connectivity index (χ1n) is 14.8. The summed E-state index contributed by atoms with van der Waals surface area (Å²) in [5.74, 6) is -0.433. The molecule has 1 aliphatic heterocycles. The number of anilines is 1. The molecule has 1 atom stereocenters. The molecule has 2 rings (SSSR count). The number of nitrogens with one attached hydrogen (secondary N) is 4. The van der Waals surface area contributed by atoms with E-state index in [2.05, 4.69) is 46.0 Å². The van der Waals surface area contributed by atoms with E-state index in [0.29, 0.717) is 49.4 Å². The molecule has 2 amide bonds. The molecule has 1 aliphatic rings. The SMILES string of the molecule is C=C1C=C(N)NC(=O)C1=N/C(=C\C)CNc1ccc(C(=C)NC(CCC(=O)NC(C)(C)CCOC(C)(C)CC=O)C(=C)O)cc1. The van der Waals surface area contributed by atoms with Gasteiger partial charge in [-0.3, -0.25) is 9.59 Å². The maximum absolute atomic E-state index is 12.7. The van der Waals surface area contributed by atoms with Crippen LogP contribution in [0.5, 0.6) is 0 Å². The zero-order valence-corrected chi connectivity index (χ0v) is 27.1. The standard InChI is InChI=1S/C34H48N6O5/c1-9-26(38-31-22(2)20-29(35)39-32(31)44)21-36-27-12-10-25(11-13-27)23(3)37-28(24(4)42)14-15-30(43)40-33(5,6)17-19-45-34(7,8)16-18-41/h9-13,18,20,28,36-37,42H,2-4,14-17,19,21,35H2,1,5-8H3,(H,39,44)(H,40,43)/b26-9-,38-31?. The van der Waals surface area contributed by atoms with Gasteiger partial charge in [0.2, 0.25) is 5.91 Å². The molecule has 0 radical (unpaired) electrons. The van der Waals surface area contributed by atoms with Gasteiger partial charge in [0, 0.05) is 41.9 Å². The van der Waals surface area contributed by atoms with E-state index in [0.717, 1.165) is 17.5 Å². The van der Waals surface area contributed by atoms with Crippen LogP contribution in [0, 0.1) is 0 Å². The summed E-state index contributed by atoms with van der Waals surface area (Å²) < 4.78 is 5.80. The minimum absolute atomic E-state index is 0.0969. The third-order valence-corrected chi connectivity index (χ3v) is 7.09. The Kier molecular flexibility index (Phi) is 13.4. The number of amides is 2. The quantitative estimate of drug-likeness (QED) is 0.104. The molecule has 0 saturated carbocycles. The van der Waals surface area contributed by atoms with E-state index >= 15 is 0 Å². The lowest BCUT2D eigenvalue weighted by atomic mass is 9.99. The highest BCUT2D eigenvalue weighted by atomic mass is 16.5. The zero-order valence-electron chi connectivity index (χ0n) is 27.1. The van der Waals surface area contributed by atoms with Gasteiger partial charge in [-0.15, -0.1) is 0 Å². The fourth-order valence-electron chi connectivity index (χ4n) is 4.32. The molecule has 1 unspecified atom stereocenters. The summed E-state index contributed by atoms with van der Waals surface area (Å²) in [4.78, 5) is 40.2. The molecule has 0 spiro atoms. The zero-order chi connectivity index (χ0) is 33.8. The van der Waals surface area contributed by atoms with Crippen LogP contribution in [0.2, 0.25) is 0 Å². The second-order valence-corrected chi connectivity index (χ2v) is 12.1.